The van der Waals surface area contributed by atoms with Crippen LogP contribution in [-0.4, -0.2) is 29.9 Å². The van der Waals surface area contributed by atoms with Gasteiger partial charge >= 0.3 is 6.36 Å². The van der Waals surface area contributed by atoms with Crippen molar-refractivity contribution in [3.63, 3.8) is 0 Å². The molecule has 0 unspecified atom stereocenters. The minimum Gasteiger partial charge on any atom is -0.406 e. The van der Waals surface area contributed by atoms with E-state index in [-0.39, 0.29) is 22.4 Å². The van der Waals surface area contributed by atoms with E-state index in [9.17, 15) is 22.0 Å². The average Bonchev–Trinajstić information content (AvgIpc) is 2.82. The first kappa shape index (κ1) is 27.9. The number of ether oxygens (including phenoxy) is 1. The molecule has 188 valence electrons. The summed E-state index contributed by atoms with van der Waals surface area (Å²) in [7, 11) is 0. The van der Waals surface area contributed by atoms with E-state index in [1.54, 1.807) is 24.3 Å². The number of rotatable bonds is 6. The van der Waals surface area contributed by atoms with Crippen LogP contribution in [0.3, 0.4) is 0 Å². The van der Waals surface area contributed by atoms with Crippen molar-refractivity contribution in [2.45, 2.75) is 6.36 Å². The number of para-hydroxylation sites is 1. The van der Waals surface area contributed by atoms with Crippen molar-refractivity contribution in [3.8, 4) is 5.75 Å². The molecule has 0 bridgehead atoms. The number of nitrogens with two attached hydrogens (primary N) is 2. The van der Waals surface area contributed by atoms with Crippen LogP contribution >= 0.6 is 12.2 Å². The predicted octanol–water partition coefficient (Wildman–Crippen LogP) is 5.27. The van der Waals surface area contributed by atoms with E-state index in [0.29, 0.717) is 11.3 Å². The fourth-order valence-electron chi connectivity index (χ4n) is 2.46. The van der Waals surface area contributed by atoms with Gasteiger partial charge in [0, 0.05) is 11.8 Å². The minimum absolute atomic E-state index is 0.168. The molecule has 0 aliphatic carbocycles. The Balaban J connectivity index is 0.000000319. The zero-order chi connectivity index (χ0) is 26.7. The molecule has 0 heterocycles. The highest BCUT2D eigenvalue weighted by Gasteiger charge is 2.30. The Morgan fingerprint density at radius 2 is 1.53 bits per heavy atom. The maximum atomic E-state index is 12.8. The molecule has 0 aliphatic rings. The maximum Gasteiger partial charge on any atom is 0.573 e. The average molecular weight is 523 g/mol. The molecule has 3 aromatic rings. The van der Waals surface area contributed by atoms with Crippen LogP contribution < -0.4 is 21.5 Å². The van der Waals surface area contributed by atoms with Gasteiger partial charge in [0.05, 0.1) is 5.69 Å². The molecule has 0 amide bonds. The predicted molar refractivity (Wildman–Crippen MR) is 133 cm³/mol. The SMILES string of the molecule is N=Cc1ccc(C(N)=NC=Nc2ccc(OC(F)(F)F)cc2)cc1.NC(=S)Nc1c(F)cccc1F. The van der Waals surface area contributed by atoms with Crippen molar-refractivity contribution >= 4 is 47.1 Å². The standard InChI is InChI=1S/C16H13F3N4O.C7H6F2N2S/c17-16(18,19)24-14-7-5-13(6-8-14)22-10-23-15(21)12-3-1-11(9-20)2-4-12;8-4-2-1-3-5(9)6(4)11-7(10)12/h1-10,20H,(H2,21,22,23);1-3H,(H3,10,11,12). The Kier molecular flexibility index (Phi) is 9.98. The number of anilines is 1. The van der Waals surface area contributed by atoms with Crippen LogP contribution in [-0.2, 0) is 0 Å². The number of alkyl halides is 3. The molecule has 13 heteroatoms. The van der Waals surface area contributed by atoms with E-state index >= 15 is 0 Å². The van der Waals surface area contributed by atoms with Gasteiger partial charge in [-0.3, -0.25) is 0 Å². The summed E-state index contributed by atoms with van der Waals surface area (Å²) in [5.41, 5.74) is 12.3. The van der Waals surface area contributed by atoms with Gasteiger partial charge in [-0.05, 0) is 54.2 Å². The summed E-state index contributed by atoms with van der Waals surface area (Å²) in [4.78, 5) is 7.94. The van der Waals surface area contributed by atoms with Crippen molar-refractivity contribution < 1.29 is 26.7 Å². The molecular weight excluding hydrogens is 503 g/mol. The molecule has 3 aromatic carbocycles. The van der Waals surface area contributed by atoms with Crippen molar-refractivity contribution in [1.29, 1.82) is 5.41 Å². The van der Waals surface area contributed by atoms with Gasteiger partial charge in [0.25, 0.3) is 0 Å². The van der Waals surface area contributed by atoms with Crippen molar-refractivity contribution in [2.75, 3.05) is 5.32 Å². The number of aliphatic imine (C=N–C) groups is 2. The largest absolute Gasteiger partial charge is 0.573 e. The normalized spacial score (nSPS) is 11.4. The van der Waals surface area contributed by atoms with Crippen LogP contribution in [0.5, 0.6) is 5.75 Å². The van der Waals surface area contributed by atoms with Crippen LogP contribution in [0.2, 0.25) is 0 Å². The van der Waals surface area contributed by atoms with Gasteiger partial charge in [0.15, 0.2) is 5.11 Å². The van der Waals surface area contributed by atoms with E-state index in [2.05, 4.69) is 32.3 Å². The molecule has 0 saturated carbocycles. The number of nitrogens with zero attached hydrogens (tertiary/aromatic N) is 2. The Morgan fingerprint density at radius 1 is 0.944 bits per heavy atom. The third-order valence-corrected chi connectivity index (χ3v) is 4.16. The van der Waals surface area contributed by atoms with E-state index in [4.69, 9.17) is 16.9 Å². The molecule has 0 aliphatic heterocycles. The molecule has 7 nitrogen and oxygen atoms in total. The molecule has 0 atom stereocenters. The Labute approximate surface area is 207 Å². The second kappa shape index (κ2) is 12.9. The lowest BCUT2D eigenvalue weighted by Crippen LogP contribution is -2.20. The highest BCUT2D eigenvalue weighted by Crippen LogP contribution is 2.24. The van der Waals surface area contributed by atoms with Gasteiger partial charge < -0.3 is 26.9 Å². The van der Waals surface area contributed by atoms with Crippen molar-refractivity contribution in [2.24, 2.45) is 21.5 Å². The highest BCUT2D eigenvalue weighted by atomic mass is 32.1. The smallest absolute Gasteiger partial charge is 0.406 e. The molecule has 0 spiro atoms. The Bertz CT molecular complexity index is 1230. The van der Waals surface area contributed by atoms with Gasteiger partial charge in [-0.1, -0.05) is 30.3 Å². The first-order valence-corrected chi connectivity index (χ1v) is 10.2. The number of benzene rings is 3. The summed E-state index contributed by atoms with van der Waals surface area (Å²) >= 11 is 4.43. The van der Waals surface area contributed by atoms with Crippen LogP contribution in [0.15, 0.2) is 76.7 Å². The zero-order valence-corrected chi connectivity index (χ0v) is 19.1. The van der Waals surface area contributed by atoms with E-state index in [0.717, 1.165) is 29.8 Å². The van der Waals surface area contributed by atoms with Gasteiger partial charge in [0.1, 0.15) is 35.2 Å². The third kappa shape index (κ3) is 9.46. The van der Waals surface area contributed by atoms with E-state index in [1.165, 1.54) is 30.8 Å². The number of halogens is 5. The van der Waals surface area contributed by atoms with Gasteiger partial charge in [-0.25, -0.2) is 18.8 Å². The number of nitrogens with one attached hydrogen (secondary N) is 2. The molecular formula is C23H19F5N6OS. The Hall–Kier alpha value is -4.39. The molecule has 0 aromatic heterocycles. The maximum absolute atomic E-state index is 12.8. The minimum atomic E-state index is -4.73. The summed E-state index contributed by atoms with van der Waals surface area (Å²) in [6.07, 6.45) is -2.30. The quantitative estimate of drug-likeness (QED) is 0.152. The van der Waals surface area contributed by atoms with Crippen LogP contribution in [0.4, 0.5) is 33.3 Å². The van der Waals surface area contributed by atoms with Crippen LogP contribution in [0.25, 0.3) is 0 Å². The summed E-state index contributed by atoms with van der Waals surface area (Å²) in [6, 6.07) is 15.4. The van der Waals surface area contributed by atoms with Gasteiger partial charge in [0.2, 0.25) is 0 Å². The summed E-state index contributed by atoms with van der Waals surface area (Å²) < 4.78 is 65.5. The number of thiocarbonyl (C=S) groups is 1. The molecule has 6 N–H and O–H groups in total. The van der Waals surface area contributed by atoms with Gasteiger partial charge in [-0.2, -0.15) is 0 Å². The summed E-state index contributed by atoms with van der Waals surface area (Å²) in [5.74, 6) is -1.53. The first-order valence-electron chi connectivity index (χ1n) is 9.81. The topological polar surface area (TPSA) is 122 Å². The zero-order valence-electron chi connectivity index (χ0n) is 18.3. The fraction of sp³-hybridized carbons (Fsp3) is 0.0435. The number of hydrogen-bond acceptors (Lipinski definition) is 4. The molecule has 36 heavy (non-hydrogen) atoms. The third-order valence-electron chi connectivity index (χ3n) is 4.06. The molecule has 0 fully saturated rings. The second-order valence-corrected chi connectivity index (χ2v) is 7.09. The molecule has 3 rings (SSSR count). The lowest BCUT2D eigenvalue weighted by atomic mass is 10.1. The monoisotopic (exact) mass is 522 g/mol. The lowest BCUT2D eigenvalue weighted by Gasteiger charge is -2.08. The van der Waals surface area contributed by atoms with E-state index in [1.807, 2.05) is 0 Å². The molecule has 0 radical (unpaired) electrons. The van der Waals surface area contributed by atoms with Crippen LogP contribution in [0.1, 0.15) is 11.1 Å². The second-order valence-electron chi connectivity index (χ2n) is 6.65. The number of amidine groups is 1. The van der Waals surface area contributed by atoms with Crippen molar-refractivity contribution in [3.05, 3.63) is 89.5 Å². The Morgan fingerprint density at radius 3 is 2.03 bits per heavy atom. The van der Waals surface area contributed by atoms with Crippen molar-refractivity contribution in [1.82, 2.24) is 0 Å². The summed E-state index contributed by atoms with van der Waals surface area (Å²) in [6.45, 7) is 0. The number of hydrogen-bond donors (Lipinski definition) is 4. The first-order chi connectivity index (χ1) is 17.0. The van der Waals surface area contributed by atoms with Crippen LogP contribution in [0, 0.1) is 17.0 Å². The summed E-state index contributed by atoms with van der Waals surface area (Å²) in [5, 5.41) is 9.14. The lowest BCUT2D eigenvalue weighted by molar-refractivity contribution is -0.274. The highest BCUT2D eigenvalue weighted by molar-refractivity contribution is 7.80. The van der Waals surface area contributed by atoms with E-state index < -0.39 is 18.0 Å². The molecule has 0 saturated heterocycles. The fourth-order valence-corrected chi connectivity index (χ4v) is 2.56. The van der Waals surface area contributed by atoms with Gasteiger partial charge in [-0.15, -0.1) is 13.2 Å².